The van der Waals surface area contributed by atoms with E-state index in [4.69, 9.17) is 11.6 Å². The smallest absolute Gasteiger partial charge is 0.242 e. The van der Waals surface area contributed by atoms with Crippen molar-refractivity contribution in [1.29, 1.82) is 0 Å². The van der Waals surface area contributed by atoms with Gasteiger partial charge < -0.3 is 10.2 Å². The first-order chi connectivity index (χ1) is 17.0. The lowest BCUT2D eigenvalue weighted by atomic mass is 10.1. The highest BCUT2D eigenvalue weighted by atomic mass is 79.9. The molecule has 0 aromatic heterocycles. The van der Waals surface area contributed by atoms with Crippen molar-refractivity contribution in [3.8, 4) is 0 Å². The Morgan fingerprint density at radius 2 is 1.83 bits per heavy atom. The van der Waals surface area contributed by atoms with Crippen LogP contribution in [0.4, 0.5) is 5.69 Å². The molecule has 0 radical (unpaired) electrons. The molecule has 0 bridgehead atoms. The first kappa shape index (κ1) is 28.5. The molecule has 0 aliphatic heterocycles. The van der Waals surface area contributed by atoms with E-state index >= 15 is 0 Å². The highest BCUT2D eigenvalue weighted by molar-refractivity contribution is 9.10. The minimum atomic E-state index is -3.57. The van der Waals surface area contributed by atoms with Crippen LogP contribution in [0.3, 0.4) is 0 Å². The van der Waals surface area contributed by atoms with Crippen LogP contribution in [-0.4, -0.2) is 50.0 Å². The number of hydrogen-bond acceptors (Lipinski definition) is 4. The van der Waals surface area contributed by atoms with E-state index in [0.29, 0.717) is 17.1 Å². The van der Waals surface area contributed by atoms with Gasteiger partial charge in [-0.2, -0.15) is 0 Å². The third-order valence-corrected chi connectivity index (χ3v) is 8.28. The molecular formula is C26H33BrClN3O4S. The lowest BCUT2D eigenvalue weighted by Crippen LogP contribution is -2.49. The molecule has 0 spiro atoms. The summed E-state index contributed by atoms with van der Waals surface area (Å²) in [4.78, 5) is 28.0. The first-order valence-corrected chi connectivity index (χ1v) is 15.1. The highest BCUT2D eigenvalue weighted by Crippen LogP contribution is 2.23. The van der Waals surface area contributed by atoms with Gasteiger partial charge in [-0.3, -0.25) is 13.9 Å². The molecule has 3 rings (SSSR count). The van der Waals surface area contributed by atoms with Crippen LogP contribution in [0.5, 0.6) is 0 Å². The predicted octanol–water partition coefficient (Wildman–Crippen LogP) is 5.12. The number of sulfonamides is 1. The van der Waals surface area contributed by atoms with Crippen LogP contribution in [-0.2, 0) is 26.2 Å². The van der Waals surface area contributed by atoms with Gasteiger partial charge in [-0.25, -0.2) is 8.42 Å². The highest BCUT2D eigenvalue weighted by Gasteiger charge is 2.28. The molecule has 1 aliphatic carbocycles. The molecule has 1 atom stereocenters. The molecule has 2 amide bonds. The van der Waals surface area contributed by atoms with Gasteiger partial charge in [-0.05, 0) is 62.1 Å². The van der Waals surface area contributed by atoms with Crippen molar-refractivity contribution in [2.75, 3.05) is 17.1 Å². The number of benzene rings is 2. The maximum Gasteiger partial charge on any atom is 0.242 e. The third kappa shape index (κ3) is 8.21. The Labute approximate surface area is 227 Å². The summed E-state index contributed by atoms with van der Waals surface area (Å²) in [6.07, 6.45) is 5.65. The molecule has 0 unspecified atom stereocenters. The molecule has 2 aromatic rings. The van der Waals surface area contributed by atoms with Gasteiger partial charge in [0.15, 0.2) is 0 Å². The molecule has 1 saturated carbocycles. The van der Waals surface area contributed by atoms with Crippen LogP contribution in [0.2, 0.25) is 5.02 Å². The second-order valence-electron chi connectivity index (χ2n) is 9.24. The first-order valence-electron chi connectivity index (χ1n) is 12.1. The van der Waals surface area contributed by atoms with Crippen molar-refractivity contribution in [1.82, 2.24) is 10.2 Å². The van der Waals surface area contributed by atoms with Gasteiger partial charge in [-0.15, -0.1) is 0 Å². The topological polar surface area (TPSA) is 86.8 Å². The Kier molecular flexibility index (Phi) is 10.2. The maximum absolute atomic E-state index is 13.4. The minimum absolute atomic E-state index is 0.0988. The summed E-state index contributed by atoms with van der Waals surface area (Å²) >= 11 is 9.52. The quantitative estimate of drug-likeness (QED) is 0.389. The summed E-state index contributed by atoms with van der Waals surface area (Å²) in [5, 5.41) is 3.52. The standard InChI is InChI=1S/C26H33BrClN3O4S/c1-19(26(33)29-23-11-3-4-12-23)30(18-20-8-5-9-21(27)16-20)25(32)14-7-15-31(36(2,34)35)24-13-6-10-22(28)17-24/h5-6,8-10,13,16-17,19,23H,3-4,7,11-12,14-15,18H2,1-2H3,(H,29,33)/t19-/m0/s1. The van der Waals surface area contributed by atoms with Gasteiger partial charge in [-0.1, -0.05) is 58.6 Å². The average molecular weight is 599 g/mol. The van der Waals surface area contributed by atoms with Crippen LogP contribution in [0, 0.1) is 0 Å². The second kappa shape index (κ2) is 12.9. The summed E-state index contributed by atoms with van der Waals surface area (Å²) in [6.45, 7) is 2.15. The van der Waals surface area contributed by atoms with Crippen molar-refractivity contribution in [3.05, 3.63) is 63.6 Å². The molecule has 196 valence electrons. The fraction of sp³-hybridized carbons (Fsp3) is 0.462. The zero-order valence-electron chi connectivity index (χ0n) is 20.6. The zero-order valence-corrected chi connectivity index (χ0v) is 23.8. The fourth-order valence-corrected chi connectivity index (χ4v) is 6.03. The van der Waals surface area contributed by atoms with Crippen LogP contribution in [0.1, 0.15) is 51.0 Å². The number of nitrogens with one attached hydrogen (secondary N) is 1. The summed E-state index contributed by atoms with van der Waals surface area (Å²) in [6, 6.07) is 13.7. The summed E-state index contributed by atoms with van der Waals surface area (Å²) < 4.78 is 27.0. The summed E-state index contributed by atoms with van der Waals surface area (Å²) in [7, 11) is -3.57. The largest absolute Gasteiger partial charge is 0.352 e. The lowest BCUT2D eigenvalue weighted by Gasteiger charge is -2.30. The van der Waals surface area contributed by atoms with E-state index < -0.39 is 16.1 Å². The number of amides is 2. The number of nitrogens with zero attached hydrogens (tertiary/aromatic N) is 2. The van der Waals surface area contributed by atoms with Crippen molar-refractivity contribution in [2.45, 2.75) is 64.1 Å². The van der Waals surface area contributed by atoms with Crippen molar-refractivity contribution in [3.63, 3.8) is 0 Å². The van der Waals surface area contributed by atoms with Gasteiger partial charge in [0, 0.05) is 35.0 Å². The molecule has 10 heteroatoms. The number of carbonyl (C=O) groups excluding carboxylic acids is 2. The molecule has 36 heavy (non-hydrogen) atoms. The Bertz CT molecular complexity index is 1170. The molecule has 7 nitrogen and oxygen atoms in total. The van der Waals surface area contributed by atoms with Gasteiger partial charge in [0.05, 0.1) is 11.9 Å². The number of halogens is 2. The molecule has 1 aliphatic rings. The van der Waals surface area contributed by atoms with Crippen molar-refractivity contribution >= 4 is 55.1 Å². The Balaban J connectivity index is 1.72. The lowest BCUT2D eigenvalue weighted by molar-refractivity contribution is -0.141. The van der Waals surface area contributed by atoms with Crippen LogP contribution in [0.15, 0.2) is 53.0 Å². The number of rotatable bonds is 11. The van der Waals surface area contributed by atoms with Gasteiger partial charge in [0.25, 0.3) is 0 Å². The Hall–Kier alpha value is -2.10. The van der Waals surface area contributed by atoms with Crippen molar-refractivity contribution < 1.29 is 18.0 Å². The zero-order chi connectivity index (χ0) is 26.3. The van der Waals surface area contributed by atoms with E-state index in [2.05, 4.69) is 21.2 Å². The fourth-order valence-electron chi connectivity index (χ4n) is 4.44. The number of anilines is 1. The Morgan fingerprint density at radius 3 is 2.47 bits per heavy atom. The van der Waals surface area contributed by atoms with E-state index in [1.54, 1.807) is 36.1 Å². The molecule has 0 heterocycles. The molecule has 2 aromatic carbocycles. The van der Waals surface area contributed by atoms with Gasteiger partial charge >= 0.3 is 0 Å². The van der Waals surface area contributed by atoms with Gasteiger partial charge in [0.2, 0.25) is 21.8 Å². The van der Waals surface area contributed by atoms with E-state index in [-0.39, 0.29) is 37.4 Å². The maximum atomic E-state index is 13.4. The molecule has 1 fully saturated rings. The number of hydrogen-bond donors (Lipinski definition) is 1. The van der Waals surface area contributed by atoms with Crippen LogP contribution < -0.4 is 9.62 Å². The number of carbonyl (C=O) groups is 2. The van der Waals surface area contributed by atoms with E-state index in [1.807, 2.05) is 24.3 Å². The molecule has 0 saturated heterocycles. The van der Waals surface area contributed by atoms with Crippen LogP contribution in [0.25, 0.3) is 0 Å². The SMILES string of the molecule is C[C@@H](C(=O)NC1CCCC1)N(Cc1cccc(Br)c1)C(=O)CCCN(c1cccc(Cl)c1)S(C)(=O)=O. The van der Waals surface area contributed by atoms with Crippen molar-refractivity contribution in [2.24, 2.45) is 0 Å². The molecular weight excluding hydrogens is 566 g/mol. The third-order valence-electron chi connectivity index (χ3n) is 6.36. The molecule has 1 N–H and O–H groups in total. The summed E-state index contributed by atoms with van der Waals surface area (Å²) in [5.74, 6) is -0.370. The van der Waals surface area contributed by atoms with E-state index in [0.717, 1.165) is 42.0 Å². The normalized spacial score (nSPS) is 14.9. The predicted molar refractivity (Wildman–Crippen MR) is 147 cm³/mol. The minimum Gasteiger partial charge on any atom is -0.352 e. The summed E-state index contributed by atoms with van der Waals surface area (Å²) in [5.41, 5.74) is 1.35. The monoisotopic (exact) mass is 597 g/mol. The van der Waals surface area contributed by atoms with E-state index in [1.165, 1.54) is 4.31 Å². The van der Waals surface area contributed by atoms with Gasteiger partial charge in [0.1, 0.15) is 6.04 Å². The second-order valence-corrected chi connectivity index (χ2v) is 12.5. The Morgan fingerprint density at radius 1 is 1.14 bits per heavy atom. The average Bonchev–Trinajstić information content (AvgIpc) is 3.32. The van der Waals surface area contributed by atoms with E-state index in [9.17, 15) is 18.0 Å². The van der Waals surface area contributed by atoms with Crippen LogP contribution >= 0.6 is 27.5 Å².